The molecule has 1 aliphatic carbocycles. The third kappa shape index (κ3) is 4.29. The molecule has 1 saturated carbocycles. The minimum absolute atomic E-state index is 0.123. The average Bonchev–Trinajstić information content (AvgIpc) is 2.76. The smallest absolute Gasteiger partial charge is 0.276 e. The topological polar surface area (TPSA) is 101 Å². The van der Waals surface area contributed by atoms with Crippen LogP contribution in [-0.2, 0) is 0 Å². The molecule has 1 amide bonds. The van der Waals surface area contributed by atoms with E-state index in [0.29, 0.717) is 18.5 Å². The Kier molecular flexibility index (Phi) is 6.09. The summed E-state index contributed by atoms with van der Waals surface area (Å²) in [5.41, 5.74) is 5.12. The van der Waals surface area contributed by atoms with Gasteiger partial charge in [-0.15, -0.1) is 0 Å². The van der Waals surface area contributed by atoms with E-state index in [1.807, 2.05) is 0 Å². The molecule has 4 N–H and O–H groups in total. The molecule has 166 valence electrons. The number of rotatable bonds is 4. The molecule has 2 heterocycles. The number of nitrogens with one attached hydrogen (secondary N) is 1. The molecule has 0 unspecified atom stereocenters. The van der Waals surface area contributed by atoms with E-state index in [0.717, 1.165) is 42.7 Å². The van der Waals surface area contributed by atoms with Crippen LogP contribution in [-0.4, -0.2) is 27.1 Å². The minimum atomic E-state index is -1.05. The first kappa shape index (κ1) is 21.8. The van der Waals surface area contributed by atoms with E-state index in [4.69, 9.17) is 5.73 Å². The zero-order valence-corrected chi connectivity index (χ0v) is 17.0. The molecule has 9 heteroatoms. The van der Waals surface area contributed by atoms with Crippen molar-refractivity contribution in [2.45, 2.75) is 37.7 Å². The number of aliphatic hydroxyl groups is 1. The number of pyridine rings is 2. The van der Waals surface area contributed by atoms with Gasteiger partial charge < -0.3 is 16.2 Å². The highest BCUT2D eigenvalue weighted by Gasteiger charge is 2.25. The lowest BCUT2D eigenvalue weighted by Gasteiger charge is -2.27. The third-order valence-corrected chi connectivity index (χ3v) is 5.66. The Morgan fingerprint density at radius 1 is 1.06 bits per heavy atom. The fourth-order valence-electron chi connectivity index (χ4n) is 4.02. The molecular weight excluding hydrogens is 421 g/mol. The van der Waals surface area contributed by atoms with Crippen LogP contribution in [0.15, 0.2) is 42.7 Å². The number of hydrogen-bond donors (Lipinski definition) is 3. The van der Waals surface area contributed by atoms with Crippen LogP contribution in [0.2, 0.25) is 0 Å². The van der Waals surface area contributed by atoms with Crippen molar-refractivity contribution >= 4 is 17.3 Å². The van der Waals surface area contributed by atoms with Gasteiger partial charge in [0.2, 0.25) is 0 Å². The number of nitrogens with two attached hydrogens (primary N) is 1. The van der Waals surface area contributed by atoms with Crippen LogP contribution in [0.5, 0.6) is 0 Å². The van der Waals surface area contributed by atoms with Gasteiger partial charge in [0, 0.05) is 12.3 Å². The largest absolute Gasteiger partial charge is 0.397 e. The van der Waals surface area contributed by atoms with Gasteiger partial charge in [-0.1, -0.05) is 6.07 Å². The van der Waals surface area contributed by atoms with Gasteiger partial charge in [0.25, 0.3) is 5.91 Å². The van der Waals surface area contributed by atoms with Crippen LogP contribution in [0.4, 0.5) is 24.5 Å². The van der Waals surface area contributed by atoms with Gasteiger partial charge in [0.15, 0.2) is 11.5 Å². The van der Waals surface area contributed by atoms with E-state index in [2.05, 4.69) is 15.3 Å². The molecule has 0 radical (unpaired) electrons. The Morgan fingerprint density at radius 2 is 1.75 bits per heavy atom. The number of hydrogen-bond acceptors (Lipinski definition) is 5. The number of aromatic nitrogens is 2. The maximum Gasteiger partial charge on any atom is 0.276 e. The molecule has 2 aromatic heterocycles. The molecular formula is C23H21F3N4O2. The van der Waals surface area contributed by atoms with Crippen LogP contribution in [0, 0.1) is 17.5 Å². The second-order valence-electron chi connectivity index (χ2n) is 7.78. The van der Waals surface area contributed by atoms with E-state index in [9.17, 15) is 23.1 Å². The van der Waals surface area contributed by atoms with Gasteiger partial charge in [0.05, 0.1) is 29.2 Å². The highest BCUT2D eigenvalue weighted by molar-refractivity contribution is 6.06. The Labute approximate surface area is 182 Å². The maximum absolute atomic E-state index is 14.5. The fraction of sp³-hybridized carbons (Fsp3) is 0.261. The second-order valence-corrected chi connectivity index (χ2v) is 7.78. The van der Waals surface area contributed by atoms with Gasteiger partial charge in [0.1, 0.15) is 17.3 Å². The van der Waals surface area contributed by atoms with Gasteiger partial charge in [-0.05, 0) is 55.4 Å². The van der Waals surface area contributed by atoms with Crippen molar-refractivity contribution in [2.75, 3.05) is 11.1 Å². The van der Waals surface area contributed by atoms with Gasteiger partial charge >= 0.3 is 0 Å². The van der Waals surface area contributed by atoms with Crippen molar-refractivity contribution in [1.29, 1.82) is 0 Å². The van der Waals surface area contributed by atoms with E-state index in [1.165, 1.54) is 6.20 Å². The van der Waals surface area contributed by atoms with Crippen LogP contribution in [0.3, 0.4) is 0 Å². The second kappa shape index (κ2) is 8.96. The number of nitrogens with zero attached hydrogens (tertiary/aromatic N) is 2. The Morgan fingerprint density at radius 3 is 2.44 bits per heavy atom. The van der Waals surface area contributed by atoms with Crippen LogP contribution in [0.25, 0.3) is 11.3 Å². The zero-order valence-electron chi connectivity index (χ0n) is 17.0. The van der Waals surface area contributed by atoms with Crippen LogP contribution >= 0.6 is 0 Å². The predicted octanol–water partition coefficient (Wildman–Crippen LogP) is 4.41. The molecule has 3 aromatic rings. The molecule has 1 fully saturated rings. The lowest BCUT2D eigenvalue weighted by molar-refractivity contribution is 0.102. The number of amides is 1. The van der Waals surface area contributed by atoms with Crippen molar-refractivity contribution in [3.05, 3.63) is 71.4 Å². The zero-order chi connectivity index (χ0) is 22.8. The highest BCUT2D eigenvalue weighted by Crippen LogP contribution is 2.36. The highest BCUT2D eigenvalue weighted by atomic mass is 19.1. The minimum Gasteiger partial charge on any atom is -0.397 e. The number of carbonyl (C=O) groups excluding carboxylic acids is 1. The predicted molar refractivity (Wildman–Crippen MR) is 113 cm³/mol. The average molecular weight is 442 g/mol. The summed E-state index contributed by atoms with van der Waals surface area (Å²) >= 11 is 0. The van der Waals surface area contributed by atoms with E-state index in [1.54, 1.807) is 12.3 Å². The van der Waals surface area contributed by atoms with Crippen molar-refractivity contribution < 1.29 is 23.1 Å². The summed E-state index contributed by atoms with van der Waals surface area (Å²) in [5, 5.41) is 12.4. The first-order valence-corrected chi connectivity index (χ1v) is 10.2. The number of carbonyl (C=O) groups is 1. The van der Waals surface area contributed by atoms with Gasteiger partial charge in [-0.3, -0.25) is 9.78 Å². The summed E-state index contributed by atoms with van der Waals surface area (Å²) in [4.78, 5) is 20.9. The maximum atomic E-state index is 14.5. The summed E-state index contributed by atoms with van der Waals surface area (Å²) in [6, 6.07) is 5.69. The molecule has 0 bridgehead atoms. The standard InChI is InChI=1S/C23H21F3N4O2/c24-15-2-1-3-16(25)20(15)21-17(26)10-18(27)22(30-21)23(32)29-19-11-28-9-8-14(19)12-4-6-13(31)7-5-12/h1-3,8-13,31H,4-7,27H2,(H,29,32)/t12-,13+. The summed E-state index contributed by atoms with van der Waals surface area (Å²) in [5.74, 6) is -3.71. The van der Waals surface area contributed by atoms with Crippen molar-refractivity contribution in [2.24, 2.45) is 0 Å². The third-order valence-electron chi connectivity index (χ3n) is 5.66. The monoisotopic (exact) mass is 442 g/mol. The Balaban J connectivity index is 1.67. The Bertz CT molecular complexity index is 1140. The number of aliphatic hydroxyl groups excluding tert-OH is 1. The molecule has 4 rings (SSSR count). The molecule has 6 nitrogen and oxygen atoms in total. The summed E-state index contributed by atoms with van der Waals surface area (Å²) in [7, 11) is 0. The molecule has 0 atom stereocenters. The summed E-state index contributed by atoms with van der Waals surface area (Å²) in [6.45, 7) is 0. The van der Waals surface area contributed by atoms with Crippen molar-refractivity contribution in [3.8, 4) is 11.3 Å². The number of nitrogen functional groups attached to an aromatic ring is 1. The first-order valence-electron chi connectivity index (χ1n) is 10.2. The fourth-order valence-corrected chi connectivity index (χ4v) is 4.02. The van der Waals surface area contributed by atoms with Gasteiger partial charge in [-0.25, -0.2) is 18.2 Å². The summed E-state index contributed by atoms with van der Waals surface area (Å²) < 4.78 is 42.8. The van der Waals surface area contributed by atoms with Gasteiger partial charge in [-0.2, -0.15) is 0 Å². The molecule has 0 aliphatic heterocycles. The molecule has 1 aromatic carbocycles. The summed E-state index contributed by atoms with van der Waals surface area (Å²) in [6.07, 6.45) is 5.58. The number of benzene rings is 1. The first-order chi connectivity index (χ1) is 15.3. The molecule has 32 heavy (non-hydrogen) atoms. The van der Waals surface area contributed by atoms with Crippen LogP contribution in [0.1, 0.15) is 47.7 Å². The Hall–Kier alpha value is -3.46. The quantitative estimate of drug-likeness (QED) is 0.556. The number of anilines is 2. The van der Waals surface area contributed by atoms with Crippen molar-refractivity contribution in [3.63, 3.8) is 0 Å². The molecule has 1 aliphatic rings. The molecule has 0 spiro atoms. The SMILES string of the molecule is Nc1cc(F)c(-c2c(F)cccc2F)nc1C(=O)Nc1cnccc1[C@H]1CC[C@@H](O)CC1. The van der Waals surface area contributed by atoms with E-state index < -0.39 is 34.6 Å². The molecule has 0 saturated heterocycles. The lowest BCUT2D eigenvalue weighted by atomic mass is 9.82. The van der Waals surface area contributed by atoms with Crippen LogP contribution < -0.4 is 11.1 Å². The lowest BCUT2D eigenvalue weighted by Crippen LogP contribution is -2.21. The normalized spacial score (nSPS) is 18.4. The van der Waals surface area contributed by atoms with Crippen molar-refractivity contribution in [1.82, 2.24) is 9.97 Å². The van der Waals surface area contributed by atoms with E-state index >= 15 is 0 Å². The number of halogens is 3. The van der Waals surface area contributed by atoms with E-state index in [-0.39, 0.29) is 23.4 Å².